The van der Waals surface area contributed by atoms with E-state index in [4.69, 9.17) is 5.26 Å². The van der Waals surface area contributed by atoms with E-state index in [0.29, 0.717) is 5.69 Å². The van der Waals surface area contributed by atoms with Crippen molar-refractivity contribution < 1.29 is 0 Å². The Labute approximate surface area is 111 Å². The van der Waals surface area contributed by atoms with Crippen molar-refractivity contribution in [1.82, 2.24) is 9.88 Å². The van der Waals surface area contributed by atoms with E-state index in [1.807, 2.05) is 12.1 Å². The molecule has 0 atom stereocenters. The molecule has 4 heteroatoms. The summed E-state index contributed by atoms with van der Waals surface area (Å²) in [6.07, 6.45) is 1.66. The highest BCUT2D eigenvalue weighted by Gasteiger charge is 2.09. The molecular formula is C14H15N3S. The molecular weight excluding hydrogens is 242 g/mol. The summed E-state index contributed by atoms with van der Waals surface area (Å²) in [5.74, 6) is 0. The van der Waals surface area contributed by atoms with E-state index in [1.54, 1.807) is 17.5 Å². The van der Waals surface area contributed by atoms with Crippen molar-refractivity contribution in [1.29, 1.82) is 5.26 Å². The number of nitriles is 1. The van der Waals surface area contributed by atoms with E-state index >= 15 is 0 Å². The zero-order chi connectivity index (χ0) is 12.8. The van der Waals surface area contributed by atoms with Gasteiger partial charge < -0.3 is 0 Å². The van der Waals surface area contributed by atoms with E-state index in [9.17, 15) is 0 Å². The van der Waals surface area contributed by atoms with Crippen LogP contribution in [0.5, 0.6) is 0 Å². The second kappa shape index (κ2) is 6.29. The average Bonchev–Trinajstić information content (AvgIpc) is 2.91. The van der Waals surface area contributed by atoms with Crippen LogP contribution in [0.3, 0.4) is 0 Å². The first-order valence-corrected chi connectivity index (χ1v) is 6.80. The van der Waals surface area contributed by atoms with E-state index in [2.05, 4.69) is 40.4 Å². The Kier molecular flexibility index (Phi) is 4.46. The number of nitrogens with zero attached hydrogens (tertiary/aromatic N) is 3. The van der Waals surface area contributed by atoms with Crippen LogP contribution in [-0.2, 0) is 13.1 Å². The van der Waals surface area contributed by atoms with Crippen LogP contribution in [0.1, 0.15) is 23.1 Å². The lowest BCUT2D eigenvalue weighted by molar-refractivity contribution is 0.273. The molecule has 2 aromatic heterocycles. The minimum Gasteiger partial charge on any atom is -0.294 e. The van der Waals surface area contributed by atoms with Crippen LogP contribution in [0.2, 0.25) is 0 Å². The van der Waals surface area contributed by atoms with Gasteiger partial charge >= 0.3 is 0 Å². The smallest absolute Gasteiger partial charge is 0.144 e. The van der Waals surface area contributed by atoms with E-state index in [1.165, 1.54) is 4.88 Å². The molecule has 0 aliphatic rings. The fraction of sp³-hybridized carbons (Fsp3) is 0.286. The van der Waals surface area contributed by atoms with E-state index in [0.717, 1.165) is 25.2 Å². The topological polar surface area (TPSA) is 39.9 Å². The quantitative estimate of drug-likeness (QED) is 0.826. The number of thiophene rings is 1. The molecule has 0 fully saturated rings. The first kappa shape index (κ1) is 12.7. The summed E-state index contributed by atoms with van der Waals surface area (Å²) < 4.78 is 0. The molecule has 0 aliphatic carbocycles. The molecule has 0 amide bonds. The molecule has 0 saturated heterocycles. The Morgan fingerprint density at radius 1 is 1.33 bits per heavy atom. The monoisotopic (exact) mass is 257 g/mol. The predicted octanol–water partition coefficient (Wildman–Crippen LogP) is 3.04. The van der Waals surface area contributed by atoms with Gasteiger partial charge in [0.05, 0.1) is 0 Å². The summed E-state index contributed by atoms with van der Waals surface area (Å²) in [7, 11) is 0. The lowest BCUT2D eigenvalue weighted by Crippen LogP contribution is -2.22. The fourth-order valence-corrected chi connectivity index (χ4v) is 2.56. The highest BCUT2D eigenvalue weighted by molar-refractivity contribution is 7.09. The van der Waals surface area contributed by atoms with E-state index < -0.39 is 0 Å². The minimum atomic E-state index is 0.530. The molecule has 3 nitrogen and oxygen atoms in total. The Morgan fingerprint density at radius 3 is 2.89 bits per heavy atom. The lowest BCUT2D eigenvalue weighted by Gasteiger charge is -2.19. The van der Waals surface area contributed by atoms with Crippen molar-refractivity contribution in [2.45, 2.75) is 20.0 Å². The second-order valence-electron chi connectivity index (χ2n) is 4.01. The SMILES string of the molecule is CCN(Cc1cccs1)Cc1cccnc1C#N. The molecule has 18 heavy (non-hydrogen) atoms. The van der Waals surface area contributed by atoms with Crippen molar-refractivity contribution in [3.63, 3.8) is 0 Å². The van der Waals surface area contributed by atoms with Gasteiger partial charge in [-0.25, -0.2) is 4.98 Å². The molecule has 0 spiro atoms. The van der Waals surface area contributed by atoms with Gasteiger partial charge in [0.2, 0.25) is 0 Å². The lowest BCUT2D eigenvalue weighted by atomic mass is 10.2. The molecule has 0 unspecified atom stereocenters. The number of hydrogen-bond acceptors (Lipinski definition) is 4. The normalized spacial score (nSPS) is 10.5. The second-order valence-corrected chi connectivity index (χ2v) is 5.04. The van der Waals surface area contributed by atoms with Crippen LogP contribution >= 0.6 is 11.3 Å². The Balaban J connectivity index is 2.08. The number of hydrogen-bond donors (Lipinski definition) is 0. The summed E-state index contributed by atoms with van der Waals surface area (Å²) >= 11 is 1.76. The van der Waals surface area contributed by atoms with Crippen LogP contribution in [0.15, 0.2) is 35.8 Å². The van der Waals surface area contributed by atoms with Gasteiger partial charge in [0.15, 0.2) is 0 Å². The molecule has 0 bridgehead atoms. The van der Waals surface area contributed by atoms with Gasteiger partial charge in [-0.1, -0.05) is 19.1 Å². The maximum Gasteiger partial charge on any atom is 0.144 e. The van der Waals surface area contributed by atoms with Crippen molar-refractivity contribution in [3.8, 4) is 6.07 Å². The van der Waals surface area contributed by atoms with Gasteiger partial charge in [0.25, 0.3) is 0 Å². The standard InChI is InChI=1S/C14H15N3S/c1-2-17(11-13-6-4-8-18-13)10-12-5-3-7-16-14(12)9-15/h3-8H,2,10-11H2,1H3. The molecule has 0 radical (unpaired) electrons. The average molecular weight is 257 g/mol. The maximum atomic E-state index is 9.03. The largest absolute Gasteiger partial charge is 0.294 e. The number of rotatable bonds is 5. The number of aromatic nitrogens is 1. The van der Waals surface area contributed by atoms with Gasteiger partial charge in [0, 0.05) is 29.7 Å². The van der Waals surface area contributed by atoms with Gasteiger partial charge in [-0.05, 0) is 24.1 Å². The first-order chi connectivity index (χ1) is 8.83. The van der Waals surface area contributed by atoms with Gasteiger partial charge in [0.1, 0.15) is 11.8 Å². The van der Waals surface area contributed by atoms with Crippen LogP contribution in [-0.4, -0.2) is 16.4 Å². The van der Waals surface area contributed by atoms with Gasteiger partial charge in [-0.2, -0.15) is 5.26 Å². The summed E-state index contributed by atoms with van der Waals surface area (Å²) in [4.78, 5) is 7.75. The van der Waals surface area contributed by atoms with Crippen molar-refractivity contribution in [2.75, 3.05) is 6.54 Å². The van der Waals surface area contributed by atoms with Gasteiger partial charge in [-0.15, -0.1) is 11.3 Å². The molecule has 92 valence electrons. The van der Waals surface area contributed by atoms with Crippen LogP contribution < -0.4 is 0 Å². The Bertz CT molecular complexity index is 528. The highest BCUT2D eigenvalue weighted by atomic mass is 32.1. The molecule has 2 aromatic rings. The molecule has 0 aromatic carbocycles. The third-order valence-electron chi connectivity index (χ3n) is 2.80. The van der Waals surface area contributed by atoms with E-state index in [-0.39, 0.29) is 0 Å². The molecule has 0 saturated carbocycles. The molecule has 2 rings (SSSR count). The predicted molar refractivity (Wildman–Crippen MR) is 73.1 cm³/mol. The third kappa shape index (κ3) is 3.16. The van der Waals surface area contributed by atoms with Crippen molar-refractivity contribution in [2.24, 2.45) is 0 Å². The Morgan fingerprint density at radius 2 is 2.22 bits per heavy atom. The summed E-state index contributed by atoms with van der Waals surface area (Å²) in [6.45, 7) is 4.78. The zero-order valence-electron chi connectivity index (χ0n) is 10.3. The minimum absolute atomic E-state index is 0.530. The highest BCUT2D eigenvalue weighted by Crippen LogP contribution is 2.15. The maximum absolute atomic E-state index is 9.03. The first-order valence-electron chi connectivity index (χ1n) is 5.92. The Hall–Kier alpha value is -1.70. The van der Waals surface area contributed by atoms with Crippen LogP contribution in [0.25, 0.3) is 0 Å². The molecule has 0 aliphatic heterocycles. The van der Waals surface area contributed by atoms with Gasteiger partial charge in [-0.3, -0.25) is 4.90 Å². The zero-order valence-corrected chi connectivity index (χ0v) is 11.2. The summed E-state index contributed by atoms with van der Waals surface area (Å²) in [5, 5.41) is 11.1. The van der Waals surface area contributed by atoms with Crippen molar-refractivity contribution in [3.05, 3.63) is 52.0 Å². The van der Waals surface area contributed by atoms with Crippen LogP contribution in [0, 0.1) is 11.3 Å². The van der Waals surface area contributed by atoms with Crippen molar-refractivity contribution >= 4 is 11.3 Å². The summed E-state index contributed by atoms with van der Waals surface area (Å²) in [6, 6.07) is 10.2. The molecule has 2 heterocycles. The summed E-state index contributed by atoms with van der Waals surface area (Å²) in [5.41, 5.74) is 1.53. The third-order valence-corrected chi connectivity index (χ3v) is 3.66. The number of pyridine rings is 1. The molecule has 0 N–H and O–H groups in total. The van der Waals surface area contributed by atoms with Crippen LogP contribution in [0.4, 0.5) is 0 Å². The fourth-order valence-electron chi connectivity index (χ4n) is 1.81.